The van der Waals surface area contributed by atoms with Crippen molar-refractivity contribution >= 4 is 5.91 Å². The number of carbonyl (C=O) groups is 1. The van der Waals surface area contributed by atoms with Gasteiger partial charge in [-0.25, -0.2) is 0 Å². The van der Waals surface area contributed by atoms with Gasteiger partial charge < -0.3 is 15.2 Å². The first-order valence-corrected chi connectivity index (χ1v) is 7.19. The summed E-state index contributed by atoms with van der Waals surface area (Å²) in [4.78, 5) is 12.7. The highest BCUT2D eigenvalue weighted by atomic mass is 16.5. The van der Waals surface area contributed by atoms with Crippen LogP contribution in [0.2, 0.25) is 0 Å². The highest BCUT2D eigenvalue weighted by Gasteiger charge is 2.43. The van der Waals surface area contributed by atoms with Gasteiger partial charge in [-0.2, -0.15) is 0 Å². The molecule has 4 nitrogen and oxygen atoms in total. The first kappa shape index (κ1) is 14.9. The number of benzene rings is 1. The number of ether oxygens (including phenoxy) is 1. The van der Waals surface area contributed by atoms with E-state index in [0.717, 1.165) is 37.0 Å². The number of methoxy groups -OCH3 is 1. The number of amides is 1. The third kappa shape index (κ3) is 2.80. The van der Waals surface area contributed by atoms with Gasteiger partial charge in [0.15, 0.2) is 0 Å². The van der Waals surface area contributed by atoms with Crippen LogP contribution in [0, 0.1) is 0 Å². The maximum absolute atomic E-state index is 12.7. The quantitative estimate of drug-likeness (QED) is 0.865. The van der Waals surface area contributed by atoms with Crippen LogP contribution in [0.15, 0.2) is 24.3 Å². The fourth-order valence-corrected chi connectivity index (χ4v) is 2.95. The molecule has 110 valence electrons. The molecule has 2 rings (SSSR count). The SMILES string of the molecule is COc1cccc(C2(C(=O)NC(C)CO)CCCC2)c1. The predicted molar refractivity (Wildman–Crippen MR) is 77.8 cm³/mol. The van der Waals surface area contributed by atoms with E-state index in [1.807, 2.05) is 31.2 Å². The molecule has 0 saturated heterocycles. The van der Waals surface area contributed by atoms with E-state index in [2.05, 4.69) is 5.32 Å². The van der Waals surface area contributed by atoms with Gasteiger partial charge in [0.1, 0.15) is 5.75 Å². The van der Waals surface area contributed by atoms with Gasteiger partial charge in [-0.3, -0.25) is 4.79 Å². The van der Waals surface area contributed by atoms with Crippen LogP contribution in [0.3, 0.4) is 0 Å². The molecule has 1 saturated carbocycles. The summed E-state index contributed by atoms with van der Waals surface area (Å²) < 4.78 is 5.27. The van der Waals surface area contributed by atoms with E-state index in [1.54, 1.807) is 7.11 Å². The van der Waals surface area contributed by atoms with E-state index in [0.29, 0.717) is 0 Å². The summed E-state index contributed by atoms with van der Waals surface area (Å²) in [6, 6.07) is 7.55. The highest BCUT2D eigenvalue weighted by Crippen LogP contribution is 2.42. The van der Waals surface area contributed by atoms with Crippen LogP contribution in [-0.4, -0.2) is 30.8 Å². The Morgan fingerprint density at radius 1 is 1.45 bits per heavy atom. The van der Waals surface area contributed by atoms with Gasteiger partial charge in [0.05, 0.1) is 19.1 Å². The molecule has 1 aromatic carbocycles. The van der Waals surface area contributed by atoms with Crippen molar-refractivity contribution in [2.75, 3.05) is 13.7 Å². The second-order valence-corrected chi connectivity index (χ2v) is 5.58. The Hall–Kier alpha value is -1.55. The lowest BCUT2D eigenvalue weighted by Gasteiger charge is -2.30. The van der Waals surface area contributed by atoms with Gasteiger partial charge in [0.25, 0.3) is 0 Å². The summed E-state index contributed by atoms with van der Waals surface area (Å²) in [6.45, 7) is 1.77. The Kier molecular flexibility index (Phi) is 4.65. The van der Waals surface area contributed by atoms with E-state index in [1.165, 1.54) is 0 Å². The molecule has 20 heavy (non-hydrogen) atoms. The number of nitrogens with one attached hydrogen (secondary N) is 1. The van der Waals surface area contributed by atoms with Gasteiger partial charge in [0.2, 0.25) is 5.91 Å². The number of rotatable bonds is 5. The molecular weight excluding hydrogens is 254 g/mol. The van der Waals surface area contributed by atoms with Crippen LogP contribution in [0.4, 0.5) is 0 Å². The minimum atomic E-state index is -0.474. The van der Waals surface area contributed by atoms with E-state index in [9.17, 15) is 4.79 Å². The molecule has 0 aliphatic heterocycles. The molecule has 0 heterocycles. The zero-order valence-corrected chi connectivity index (χ0v) is 12.2. The lowest BCUT2D eigenvalue weighted by atomic mass is 9.77. The molecule has 2 N–H and O–H groups in total. The Morgan fingerprint density at radius 3 is 2.75 bits per heavy atom. The van der Waals surface area contributed by atoms with Gasteiger partial charge >= 0.3 is 0 Å². The minimum absolute atomic E-state index is 0.0183. The van der Waals surface area contributed by atoms with Crippen molar-refractivity contribution in [3.63, 3.8) is 0 Å². The maximum atomic E-state index is 12.7. The summed E-state index contributed by atoms with van der Waals surface area (Å²) >= 11 is 0. The standard InChI is InChI=1S/C16H23NO3/c1-12(11-18)17-15(19)16(8-3-4-9-16)13-6-5-7-14(10-13)20-2/h5-7,10,12,18H,3-4,8-9,11H2,1-2H3,(H,17,19). The minimum Gasteiger partial charge on any atom is -0.497 e. The van der Waals surface area contributed by atoms with Crippen molar-refractivity contribution in [2.24, 2.45) is 0 Å². The van der Waals surface area contributed by atoms with Gasteiger partial charge in [0, 0.05) is 6.04 Å². The monoisotopic (exact) mass is 277 g/mol. The number of hydrogen-bond donors (Lipinski definition) is 2. The van der Waals surface area contributed by atoms with Crippen LogP contribution >= 0.6 is 0 Å². The summed E-state index contributed by atoms with van der Waals surface area (Å²) in [5, 5.41) is 12.0. The van der Waals surface area contributed by atoms with Crippen LogP contribution in [-0.2, 0) is 10.2 Å². The topological polar surface area (TPSA) is 58.6 Å². The van der Waals surface area contributed by atoms with Gasteiger partial charge in [-0.1, -0.05) is 25.0 Å². The van der Waals surface area contributed by atoms with Crippen LogP contribution in [0.5, 0.6) is 5.75 Å². The summed E-state index contributed by atoms with van der Waals surface area (Å²) in [5.74, 6) is 0.793. The lowest BCUT2D eigenvalue weighted by Crippen LogP contribution is -2.47. The number of hydrogen-bond acceptors (Lipinski definition) is 3. The molecule has 0 radical (unpaired) electrons. The lowest BCUT2D eigenvalue weighted by molar-refractivity contribution is -0.127. The number of aliphatic hydroxyl groups excluding tert-OH is 1. The maximum Gasteiger partial charge on any atom is 0.230 e. The average Bonchev–Trinajstić information content (AvgIpc) is 2.98. The molecule has 1 atom stereocenters. The molecule has 1 aliphatic rings. The second kappa shape index (κ2) is 6.27. The third-order valence-electron chi connectivity index (χ3n) is 4.17. The molecule has 1 unspecified atom stereocenters. The first-order valence-electron chi connectivity index (χ1n) is 7.19. The van der Waals surface area contributed by atoms with Crippen molar-refractivity contribution in [1.82, 2.24) is 5.32 Å². The van der Waals surface area contributed by atoms with Gasteiger partial charge in [-0.15, -0.1) is 0 Å². The van der Waals surface area contributed by atoms with Crippen molar-refractivity contribution in [3.05, 3.63) is 29.8 Å². The Balaban J connectivity index is 2.31. The zero-order chi connectivity index (χ0) is 14.6. The summed E-state index contributed by atoms with van der Waals surface area (Å²) in [6.07, 6.45) is 3.81. The van der Waals surface area contributed by atoms with Crippen LogP contribution < -0.4 is 10.1 Å². The Bertz CT molecular complexity index is 467. The number of aliphatic hydroxyl groups is 1. The first-order chi connectivity index (χ1) is 9.62. The normalized spacial score (nSPS) is 18.6. The third-order valence-corrected chi connectivity index (χ3v) is 4.17. The molecule has 1 aromatic rings. The number of carbonyl (C=O) groups excluding carboxylic acids is 1. The second-order valence-electron chi connectivity index (χ2n) is 5.58. The van der Waals surface area contributed by atoms with Crippen molar-refractivity contribution < 1.29 is 14.6 Å². The fourth-order valence-electron chi connectivity index (χ4n) is 2.95. The Labute approximate surface area is 120 Å². The average molecular weight is 277 g/mol. The summed E-state index contributed by atoms with van der Waals surface area (Å²) in [7, 11) is 1.63. The van der Waals surface area contributed by atoms with Crippen molar-refractivity contribution in [1.29, 1.82) is 0 Å². The van der Waals surface area contributed by atoms with E-state index >= 15 is 0 Å². The molecule has 1 amide bonds. The van der Waals surface area contributed by atoms with Crippen LogP contribution in [0.25, 0.3) is 0 Å². The van der Waals surface area contributed by atoms with E-state index in [4.69, 9.17) is 9.84 Å². The molecule has 0 bridgehead atoms. The molecule has 0 spiro atoms. The fraction of sp³-hybridized carbons (Fsp3) is 0.562. The zero-order valence-electron chi connectivity index (χ0n) is 12.2. The molecule has 1 aliphatic carbocycles. The molecule has 1 fully saturated rings. The van der Waals surface area contributed by atoms with Gasteiger partial charge in [-0.05, 0) is 37.5 Å². The molecule has 4 heteroatoms. The Morgan fingerprint density at radius 2 is 2.15 bits per heavy atom. The van der Waals surface area contributed by atoms with E-state index < -0.39 is 5.41 Å². The largest absolute Gasteiger partial charge is 0.497 e. The summed E-state index contributed by atoms with van der Waals surface area (Å²) in [5.41, 5.74) is 0.537. The van der Waals surface area contributed by atoms with Crippen molar-refractivity contribution in [3.8, 4) is 5.75 Å². The van der Waals surface area contributed by atoms with E-state index in [-0.39, 0.29) is 18.6 Å². The molecular formula is C16H23NO3. The van der Waals surface area contributed by atoms with Crippen molar-refractivity contribution in [2.45, 2.75) is 44.1 Å². The molecule has 0 aromatic heterocycles. The smallest absolute Gasteiger partial charge is 0.230 e. The highest BCUT2D eigenvalue weighted by molar-refractivity contribution is 5.89. The predicted octanol–water partition coefficient (Wildman–Crippen LogP) is 2.00. The van der Waals surface area contributed by atoms with Crippen LogP contribution in [0.1, 0.15) is 38.2 Å².